The predicted octanol–water partition coefficient (Wildman–Crippen LogP) is 3.30. The van der Waals surface area contributed by atoms with Gasteiger partial charge in [0, 0.05) is 12.3 Å². The number of anilines is 1. The lowest BCUT2D eigenvalue weighted by molar-refractivity contribution is -0.0222. The van der Waals surface area contributed by atoms with E-state index < -0.39 is 6.10 Å². The van der Waals surface area contributed by atoms with Crippen molar-refractivity contribution in [2.24, 2.45) is 0 Å². The van der Waals surface area contributed by atoms with Crippen LogP contribution in [0.2, 0.25) is 0 Å². The summed E-state index contributed by atoms with van der Waals surface area (Å²) < 4.78 is 11.2. The van der Waals surface area contributed by atoms with E-state index in [9.17, 15) is 0 Å². The normalized spacial score (nSPS) is 17.4. The molecule has 0 amide bonds. The summed E-state index contributed by atoms with van der Waals surface area (Å²) in [6.45, 7) is 6.91. The first-order valence-electron chi connectivity index (χ1n) is 7.41. The van der Waals surface area contributed by atoms with Crippen LogP contribution in [0.1, 0.15) is 19.4 Å². The van der Waals surface area contributed by atoms with Crippen LogP contribution >= 0.6 is 0 Å². The standard InChI is InChI=1S/C17H21N3O2/c1-4-21-16-11-15(20-18)17(22-5-2)10-14(16)19-13-8-6-12(3)7-9-13/h6-11,17,19H,4-5H2,1-3H3. The number of hydrogen-bond acceptors (Lipinski definition) is 3. The summed E-state index contributed by atoms with van der Waals surface area (Å²) >= 11 is 0. The van der Waals surface area contributed by atoms with Gasteiger partial charge in [-0.2, -0.15) is 4.79 Å². The van der Waals surface area contributed by atoms with Gasteiger partial charge >= 0.3 is 5.71 Å². The van der Waals surface area contributed by atoms with Gasteiger partial charge in [0.05, 0.1) is 18.4 Å². The molecule has 0 heterocycles. The highest BCUT2D eigenvalue weighted by atomic mass is 16.5. The van der Waals surface area contributed by atoms with Crippen molar-refractivity contribution in [3.63, 3.8) is 0 Å². The first-order chi connectivity index (χ1) is 10.7. The van der Waals surface area contributed by atoms with E-state index in [4.69, 9.17) is 15.0 Å². The minimum atomic E-state index is -0.396. The van der Waals surface area contributed by atoms with Crippen molar-refractivity contribution in [3.05, 3.63) is 59.0 Å². The molecule has 1 aliphatic carbocycles. The molecule has 1 aliphatic rings. The minimum Gasteiger partial charge on any atom is -0.491 e. The fourth-order valence-corrected chi connectivity index (χ4v) is 2.18. The lowest BCUT2D eigenvalue weighted by atomic mass is 10.0. The zero-order valence-electron chi connectivity index (χ0n) is 13.2. The lowest BCUT2D eigenvalue weighted by Gasteiger charge is -2.20. The first-order valence-corrected chi connectivity index (χ1v) is 7.41. The molecule has 0 saturated carbocycles. The number of hydrogen-bond donors (Lipinski definition) is 1. The van der Waals surface area contributed by atoms with Crippen molar-refractivity contribution in [1.82, 2.24) is 0 Å². The van der Waals surface area contributed by atoms with Crippen molar-refractivity contribution in [1.29, 1.82) is 0 Å². The molecule has 0 aromatic heterocycles. The van der Waals surface area contributed by atoms with Crippen molar-refractivity contribution >= 4 is 11.4 Å². The third-order valence-electron chi connectivity index (χ3n) is 3.25. The van der Waals surface area contributed by atoms with Crippen LogP contribution in [0.15, 0.2) is 47.9 Å². The molecule has 1 aromatic carbocycles. The van der Waals surface area contributed by atoms with E-state index >= 15 is 0 Å². The fourth-order valence-electron chi connectivity index (χ4n) is 2.18. The van der Waals surface area contributed by atoms with Crippen LogP contribution < -0.4 is 5.32 Å². The van der Waals surface area contributed by atoms with Gasteiger partial charge in [0.1, 0.15) is 5.76 Å². The molecule has 1 N–H and O–H groups in total. The summed E-state index contributed by atoms with van der Waals surface area (Å²) in [6.07, 6.45) is 3.16. The van der Waals surface area contributed by atoms with Crippen molar-refractivity contribution < 1.29 is 14.3 Å². The quantitative estimate of drug-likeness (QED) is 0.647. The molecule has 0 fully saturated rings. The Morgan fingerprint density at radius 2 is 1.91 bits per heavy atom. The maximum atomic E-state index is 9.14. The van der Waals surface area contributed by atoms with E-state index in [1.807, 2.05) is 51.1 Å². The second-order valence-corrected chi connectivity index (χ2v) is 4.91. The van der Waals surface area contributed by atoms with Crippen molar-refractivity contribution in [2.75, 3.05) is 18.5 Å². The molecule has 1 unspecified atom stereocenters. The highest BCUT2D eigenvalue weighted by Crippen LogP contribution is 2.22. The number of ether oxygens (including phenoxy) is 2. The van der Waals surface area contributed by atoms with Crippen molar-refractivity contribution in [3.8, 4) is 0 Å². The number of nitrogens with zero attached hydrogens (tertiary/aromatic N) is 2. The summed E-state index contributed by atoms with van der Waals surface area (Å²) in [5.74, 6) is 0.631. The highest BCUT2D eigenvalue weighted by Gasteiger charge is 2.28. The molecule has 116 valence electrons. The SMILES string of the molecule is CCOC1=CC(=[N+]=[N-])C(OCC)C=C1Nc1ccc(C)cc1. The third kappa shape index (κ3) is 3.85. The Kier molecular flexibility index (Phi) is 5.53. The van der Waals surface area contributed by atoms with Crippen LogP contribution in [0.4, 0.5) is 5.69 Å². The third-order valence-corrected chi connectivity index (χ3v) is 3.25. The first kappa shape index (κ1) is 16.0. The molecule has 0 saturated heterocycles. The molecular formula is C17H21N3O2. The highest BCUT2D eigenvalue weighted by molar-refractivity contribution is 5.98. The molecule has 2 rings (SSSR count). The monoisotopic (exact) mass is 299 g/mol. The second kappa shape index (κ2) is 7.59. The summed E-state index contributed by atoms with van der Waals surface area (Å²) in [4.78, 5) is 3.30. The van der Waals surface area contributed by atoms with Gasteiger partial charge in [-0.3, -0.25) is 0 Å². The minimum absolute atomic E-state index is 0.396. The van der Waals surface area contributed by atoms with Crippen LogP contribution in [-0.4, -0.2) is 29.8 Å². The fraction of sp³-hybridized carbons (Fsp3) is 0.353. The molecule has 5 nitrogen and oxygen atoms in total. The van der Waals surface area contributed by atoms with E-state index in [1.165, 1.54) is 5.56 Å². The predicted molar refractivity (Wildman–Crippen MR) is 86.6 cm³/mol. The van der Waals surface area contributed by atoms with Gasteiger partial charge in [-0.05, 0) is 39.0 Å². The topological polar surface area (TPSA) is 66.9 Å². The van der Waals surface area contributed by atoms with Crippen LogP contribution in [-0.2, 0) is 9.47 Å². The Hall–Kier alpha value is -2.36. The zero-order chi connectivity index (χ0) is 15.9. The largest absolute Gasteiger partial charge is 0.491 e. The average molecular weight is 299 g/mol. The van der Waals surface area contributed by atoms with E-state index in [1.54, 1.807) is 6.08 Å². The van der Waals surface area contributed by atoms with Gasteiger partial charge in [0.15, 0.2) is 6.10 Å². The second-order valence-electron chi connectivity index (χ2n) is 4.91. The smallest absolute Gasteiger partial charge is 0.328 e. The van der Waals surface area contributed by atoms with Gasteiger partial charge < -0.3 is 20.3 Å². The van der Waals surface area contributed by atoms with E-state index in [0.29, 0.717) is 24.7 Å². The molecule has 1 atom stereocenters. The van der Waals surface area contributed by atoms with Crippen molar-refractivity contribution in [2.45, 2.75) is 26.9 Å². The van der Waals surface area contributed by atoms with Crippen LogP contribution in [0.3, 0.4) is 0 Å². The Bertz CT molecular complexity index is 626. The maximum Gasteiger partial charge on any atom is 0.328 e. The lowest BCUT2D eigenvalue weighted by Crippen LogP contribution is -2.28. The Labute approximate surface area is 130 Å². The molecular weight excluding hydrogens is 278 g/mol. The van der Waals surface area contributed by atoms with Gasteiger partial charge in [-0.15, -0.1) is 0 Å². The van der Waals surface area contributed by atoms with E-state index in [-0.39, 0.29) is 0 Å². The summed E-state index contributed by atoms with van der Waals surface area (Å²) in [6, 6.07) is 8.09. The summed E-state index contributed by atoms with van der Waals surface area (Å²) in [5.41, 5.74) is 12.5. The van der Waals surface area contributed by atoms with Gasteiger partial charge in [0.2, 0.25) is 0 Å². The zero-order valence-corrected chi connectivity index (χ0v) is 13.2. The summed E-state index contributed by atoms with van der Waals surface area (Å²) in [5, 5.41) is 3.33. The van der Waals surface area contributed by atoms with Crippen LogP contribution in [0.5, 0.6) is 0 Å². The van der Waals surface area contributed by atoms with Crippen LogP contribution in [0.25, 0.3) is 5.53 Å². The molecule has 22 heavy (non-hydrogen) atoms. The number of nitrogens with one attached hydrogen (secondary N) is 1. The number of rotatable bonds is 6. The molecule has 5 heteroatoms. The Morgan fingerprint density at radius 1 is 1.18 bits per heavy atom. The molecule has 0 radical (unpaired) electrons. The Morgan fingerprint density at radius 3 is 2.50 bits per heavy atom. The average Bonchev–Trinajstić information content (AvgIpc) is 2.52. The summed E-state index contributed by atoms with van der Waals surface area (Å²) in [7, 11) is 0. The van der Waals surface area contributed by atoms with Gasteiger partial charge in [-0.25, -0.2) is 0 Å². The molecule has 1 aromatic rings. The Balaban J connectivity index is 2.29. The van der Waals surface area contributed by atoms with Crippen LogP contribution in [0, 0.1) is 6.92 Å². The molecule has 0 bridgehead atoms. The van der Waals surface area contributed by atoms with E-state index in [2.05, 4.69) is 10.1 Å². The van der Waals surface area contributed by atoms with Gasteiger partial charge in [-0.1, -0.05) is 17.7 Å². The van der Waals surface area contributed by atoms with E-state index in [0.717, 1.165) is 11.4 Å². The molecule has 0 aliphatic heterocycles. The maximum absolute atomic E-state index is 9.14. The number of aryl methyl sites for hydroxylation is 1. The van der Waals surface area contributed by atoms with Gasteiger partial charge in [0.25, 0.3) is 0 Å². The number of benzene rings is 1. The molecule has 0 spiro atoms.